The van der Waals surface area contributed by atoms with Crippen LogP contribution in [0.2, 0.25) is 0 Å². The van der Waals surface area contributed by atoms with Crippen LogP contribution >= 0.6 is 7.75 Å². The van der Waals surface area contributed by atoms with E-state index in [1.54, 1.807) is 27.7 Å². The zero-order valence-electron chi connectivity index (χ0n) is 26.0. The van der Waals surface area contributed by atoms with Gasteiger partial charge in [-0.25, -0.2) is 19.4 Å². The first-order valence-electron chi connectivity index (χ1n) is 14.3. The summed E-state index contributed by atoms with van der Waals surface area (Å²) in [5.74, 6) is -1.53. The first-order chi connectivity index (χ1) is 20.6. The van der Waals surface area contributed by atoms with Gasteiger partial charge in [-0.1, -0.05) is 13.8 Å². The molecule has 248 valence electrons. The molecule has 1 aliphatic heterocycles. The zero-order valence-corrected chi connectivity index (χ0v) is 26.9. The summed E-state index contributed by atoms with van der Waals surface area (Å²) in [4.78, 5) is 37.4. The highest BCUT2D eigenvalue weighted by Crippen LogP contribution is 2.47. The number of nitrogen functional groups attached to an aromatic ring is 1. The van der Waals surface area contributed by atoms with Crippen LogP contribution in [0.15, 0.2) is 6.33 Å². The Bertz CT molecular complexity index is 1340. The minimum atomic E-state index is -4.46. The third kappa shape index (κ3) is 8.62. The molecule has 0 spiro atoms. The Morgan fingerprint density at radius 2 is 1.91 bits per heavy atom. The predicted octanol–water partition coefficient (Wildman–Crippen LogP) is 1.48. The number of hydrogen-bond donors (Lipinski definition) is 4. The molecule has 0 radical (unpaired) electrons. The van der Waals surface area contributed by atoms with Crippen molar-refractivity contribution in [2.24, 2.45) is 5.92 Å². The Morgan fingerprint density at radius 3 is 2.52 bits per heavy atom. The number of anilines is 1. The molecule has 0 amide bonds. The van der Waals surface area contributed by atoms with Crippen LogP contribution < -0.4 is 15.6 Å². The van der Waals surface area contributed by atoms with Crippen LogP contribution in [-0.4, -0.2) is 98.1 Å². The normalized spacial score (nSPS) is 24.0. The highest BCUT2D eigenvalue weighted by Gasteiger charge is 2.54. The quantitative estimate of drug-likeness (QED) is 0.149. The van der Waals surface area contributed by atoms with Gasteiger partial charge >= 0.3 is 19.7 Å². The largest absolute Gasteiger partial charge is 0.476 e. The second kappa shape index (κ2) is 14.9. The summed E-state index contributed by atoms with van der Waals surface area (Å²) in [6.45, 7) is 10.7. The topological polar surface area (TPSA) is 229 Å². The Hall–Kier alpha value is -2.92. The number of imidazole rings is 1. The van der Waals surface area contributed by atoms with Crippen LogP contribution in [0.4, 0.5) is 5.95 Å². The Balaban J connectivity index is 1.86. The van der Waals surface area contributed by atoms with Gasteiger partial charge in [-0.2, -0.15) is 9.97 Å². The summed E-state index contributed by atoms with van der Waals surface area (Å²) < 4.78 is 47.9. The van der Waals surface area contributed by atoms with Gasteiger partial charge in [0.25, 0.3) is 0 Å². The molecule has 1 fully saturated rings. The van der Waals surface area contributed by atoms with Crippen LogP contribution in [0.5, 0.6) is 5.88 Å². The fourth-order valence-corrected chi connectivity index (χ4v) is 5.93. The average Bonchev–Trinajstić information content (AvgIpc) is 3.43. The second-order valence-corrected chi connectivity index (χ2v) is 12.8. The number of fused-ring (bicyclic) bond motifs is 1. The molecule has 17 nitrogen and oxygen atoms in total. The summed E-state index contributed by atoms with van der Waals surface area (Å²) in [5.41, 5.74) is 4.34. The van der Waals surface area contributed by atoms with Crippen molar-refractivity contribution in [2.45, 2.75) is 91.1 Å². The monoisotopic (exact) mass is 646 g/mol. The predicted molar refractivity (Wildman–Crippen MR) is 155 cm³/mol. The average molecular weight is 647 g/mol. The third-order valence-electron chi connectivity index (χ3n) is 6.42. The van der Waals surface area contributed by atoms with Gasteiger partial charge in [0.2, 0.25) is 11.8 Å². The van der Waals surface area contributed by atoms with Crippen LogP contribution in [0.3, 0.4) is 0 Å². The van der Waals surface area contributed by atoms with Crippen molar-refractivity contribution in [3.8, 4) is 5.88 Å². The van der Waals surface area contributed by atoms with E-state index >= 15 is 0 Å². The minimum Gasteiger partial charge on any atom is -0.476 e. The molecule has 0 bridgehead atoms. The van der Waals surface area contributed by atoms with Crippen molar-refractivity contribution < 1.29 is 52.4 Å². The molecule has 0 aromatic carbocycles. The number of esters is 2. The molecule has 0 saturated carbocycles. The molecular weight excluding hydrogens is 603 g/mol. The smallest absolute Gasteiger partial charge is 0.406 e. The maximum atomic E-state index is 13.9. The van der Waals surface area contributed by atoms with Gasteiger partial charge in [0.15, 0.2) is 24.0 Å². The SMILES string of the molecule is CCOC(=O)COP(=O)(N[C@@H](CC(C)C)C(=O)OC(C)C)OC[C@H]1O[C@@H](n2cnc3c(OCC)nc(N)nc32)[C@](C)(O)[C@@H]1O. The van der Waals surface area contributed by atoms with Crippen molar-refractivity contribution in [1.29, 1.82) is 0 Å². The summed E-state index contributed by atoms with van der Waals surface area (Å²) in [6.07, 6.45) is -3.05. The number of aromatic nitrogens is 4. The maximum Gasteiger partial charge on any atom is 0.406 e. The molecule has 1 saturated heterocycles. The molecule has 5 N–H and O–H groups in total. The lowest BCUT2D eigenvalue weighted by Crippen LogP contribution is -2.44. The maximum absolute atomic E-state index is 13.9. The van der Waals surface area contributed by atoms with E-state index in [9.17, 15) is 24.4 Å². The first-order valence-corrected chi connectivity index (χ1v) is 15.9. The molecule has 18 heteroatoms. The lowest BCUT2D eigenvalue weighted by molar-refractivity contribution is -0.150. The van der Waals surface area contributed by atoms with E-state index in [1.807, 2.05) is 13.8 Å². The summed E-state index contributed by atoms with van der Waals surface area (Å²) >= 11 is 0. The van der Waals surface area contributed by atoms with E-state index in [1.165, 1.54) is 17.8 Å². The zero-order chi connectivity index (χ0) is 32.8. The van der Waals surface area contributed by atoms with Crippen LogP contribution in [0.1, 0.15) is 61.1 Å². The van der Waals surface area contributed by atoms with E-state index in [0.29, 0.717) is 0 Å². The van der Waals surface area contributed by atoms with E-state index in [0.717, 1.165) is 0 Å². The van der Waals surface area contributed by atoms with Crippen LogP contribution in [-0.2, 0) is 37.4 Å². The number of rotatable bonds is 16. The van der Waals surface area contributed by atoms with Crippen molar-refractivity contribution in [2.75, 3.05) is 32.2 Å². The van der Waals surface area contributed by atoms with Gasteiger partial charge in [0.05, 0.1) is 32.3 Å². The summed E-state index contributed by atoms with van der Waals surface area (Å²) in [7, 11) is -4.46. The number of carbonyl (C=O) groups excluding carboxylic acids is 2. The van der Waals surface area contributed by atoms with Gasteiger partial charge in [-0.15, -0.1) is 0 Å². The Labute approximate surface area is 255 Å². The summed E-state index contributed by atoms with van der Waals surface area (Å²) in [5, 5.41) is 24.9. The van der Waals surface area contributed by atoms with Gasteiger partial charge in [-0.3, -0.25) is 18.4 Å². The van der Waals surface area contributed by atoms with Gasteiger partial charge in [0, 0.05) is 0 Å². The van der Waals surface area contributed by atoms with E-state index in [2.05, 4.69) is 20.0 Å². The number of aliphatic hydroxyl groups is 2. The van der Waals surface area contributed by atoms with Crippen LogP contribution in [0, 0.1) is 5.92 Å². The number of hydrogen-bond acceptors (Lipinski definition) is 15. The van der Waals surface area contributed by atoms with Gasteiger partial charge < -0.3 is 34.9 Å². The fourth-order valence-electron chi connectivity index (χ4n) is 4.50. The number of nitrogens with one attached hydrogen (secondary N) is 1. The molecule has 2 aromatic heterocycles. The van der Waals surface area contributed by atoms with Crippen molar-refractivity contribution >= 4 is 36.8 Å². The van der Waals surface area contributed by atoms with Crippen molar-refractivity contribution in [3.63, 3.8) is 0 Å². The van der Waals surface area contributed by atoms with E-state index in [4.69, 9.17) is 33.7 Å². The van der Waals surface area contributed by atoms with Gasteiger partial charge in [-0.05, 0) is 47.0 Å². The Kier molecular flexibility index (Phi) is 12.0. The molecule has 1 unspecified atom stereocenters. The molecule has 2 aromatic rings. The highest BCUT2D eigenvalue weighted by molar-refractivity contribution is 7.51. The van der Waals surface area contributed by atoms with Crippen molar-refractivity contribution in [3.05, 3.63) is 6.33 Å². The molecule has 3 heterocycles. The molecule has 3 rings (SSSR count). The van der Waals surface area contributed by atoms with Gasteiger partial charge in [0.1, 0.15) is 23.9 Å². The number of nitrogens with two attached hydrogens (primary N) is 1. The highest BCUT2D eigenvalue weighted by atomic mass is 31.2. The standard InChI is InChI=1S/C26H43N6O11P/c1-8-38-18(33)12-41-44(37,31-16(10-14(3)4)23(35)42-15(5)6)40-11-17-20(34)26(7,36)24(43-17)32-13-28-19-21(32)29-25(27)30-22(19)39-9-2/h13-17,20,24,34,36H,8-12H2,1-7H3,(H,31,37)(H2,27,29,30)/t16-,17+,20+,24+,26+,44?/m0/s1. The van der Waals surface area contributed by atoms with Crippen LogP contribution in [0.25, 0.3) is 11.2 Å². The number of nitrogens with zero attached hydrogens (tertiary/aromatic N) is 4. The first kappa shape index (κ1) is 35.6. The fraction of sp³-hybridized carbons (Fsp3) is 0.731. The number of carbonyl (C=O) groups is 2. The van der Waals surface area contributed by atoms with Crippen molar-refractivity contribution in [1.82, 2.24) is 24.6 Å². The minimum absolute atomic E-state index is 0.0346. The molecular formula is C26H43N6O11P. The Morgan fingerprint density at radius 1 is 1.20 bits per heavy atom. The lowest BCUT2D eigenvalue weighted by atomic mass is 9.96. The molecule has 1 aliphatic rings. The van der Waals surface area contributed by atoms with E-state index < -0.39 is 69.1 Å². The third-order valence-corrected chi connectivity index (χ3v) is 8.00. The van der Waals surface area contributed by atoms with E-state index in [-0.39, 0.29) is 48.5 Å². The second-order valence-electron chi connectivity index (χ2n) is 11.0. The molecule has 6 atom stereocenters. The summed E-state index contributed by atoms with van der Waals surface area (Å²) in [6, 6.07) is -1.13. The number of ether oxygens (including phenoxy) is 4. The lowest BCUT2D eigenvalue weighted by Gasteiger charge is -2.28. The number of aliphatic hydroxyl groups excluding tert-OH is 1. The molecule has 44 heavy (non-hydrogen) atoms. The molecule has 0 aliphatic carbocycles.